The Hall–Kier alpha value is -4.25. The van der Waals surface area contributed by atoms with Gasteiger partial charge in [0.15, 0.2) is 11.5 Å². The van der Waals surface area contributed by atoms with E-state index in [1.54, 1.807) is 61.7 Å². The van der Waals surface area contributed by atoms with E-state index in [1.807, 2.05) is 26.8 Å². The Labute approximate surface area is 253 Å². The van der Waals surface area contributed by atoms with Crippen molar-refractivity contribution in [1.82, 2.24) is 10.2 Å². The number of sulfonamides is 1. The van der Waals surface area contributed by atoms with E-state index in [0.29, 0.717) is 36.9 Å². The fraction of sp³-hybridized carbons (Fsp3) is 0.375. The molecule has 0 unspecified atom stereocenters. The third-order valence-corrected chi connectivity index (χ3v) is 9.09. The van der Waals surface area contributed by atoms with Gasteiger partial charge in [0.2, 0.25) is 11.8 Å². The van der Waals surface area contributed by atoms with Gasteiger partial charge in [-0.15, -0.1) is 0 Å². The second-order valence-corrected chi connectivity index (χ2v) is 12.1. The van der Waals surface area contributed by atoms with Gasteiger partial charge in [0.1, 0.15) is 31.5 Å². The van der Waals surface area contributed by atoms with E-state index in [2.05, 4.69) is 5.32 Å². The van der Waals surface area contributed by atoms with Crippen LogP contribution in [0, 0.1) is 0 Å². The third-order valence-electron chi connectivity index (χ3n) is 7.30. The predicted molar refractivity (Wildman–Crippen MR) is 164 cm³/mol. The van der Waals surface area contributed by atoms with Crippen molar-refractivity contribution in [3.63, 3.8) is 0 Å². The van der Waals surface area contributed by atoms with Crippen molar-refractivity contribution < 1.29 is 32.2 Å². The standard InChI is InChI=1S/C32H39N3O7S/c1-5-23(3)33-32(37)28(6-2)34(21-24-11-10-12-26(19-24)40-4)31(36)22-35(43(38,39)27-13-8-7-9-14-27)25-15-16-29-30(20-25)42-18-17-41-29/h7-16,19-20,23,28H,5-6,17-18,21-22H2,1-4H3,(H,33,37)/t23-,28-/m1/s1. The largest absolute Gasteiger partial charge is 0.497 e. The molecule has 0 saturated carbocycles. The van der Waals surface area contributed by atoms with Gasteiger partial charge < -0.3 is 24.4 Å². The van der Waals surface area contributed by atoms with Crippen molar-refractivity contribution in [2.45, 2.75) is 57.1 Å². The number of nitrogens with zero attached hydrogens (tertiary/aromatic N) is 2. The molecule has 0 radical (unpaired) electrons. The van der Waals surface area contributed by atoms with Crippen LogP contribution in [0.4, 0.5) is 5.69 Å². The molecule has 1 heterocycles. The molecule has 10 nitrogen and oxygen atoms in total. The molecule has 0 bridgehead atoms. The molecule has 2 atom stereocenters. The van der Waals surface area contributed by atoms with E-state index >= 15 is 0 Å². The van der Waals surface area contributed by atoms with Crippen LogP contribution in [0.15, 0.2) is 77.7 Å². The van der Waals surface area contributed by atoms with Gasteiger partial charge in [0.05, 0.1) is 17.7 Å². The number of anilines is 1. The van der Waals surface area contributed by atoms with Crippen molar-refractivity contribution in [3.8, 4) is 17.2 Å². The molecule has 1 aliphatic heterocycles. The van der Waals surface area contributed by atoms with Crippen LogP contribution < -0.4 is 23.8 Å². The Morgan fingerprint density at radius 2 is 1.65 bits per heavy atom. The zero-order valence-electron chi connectivity index (χ0n) is 25.0. The number of rotatable bonds is 13. The number of ether oxygens (including phenoxy) is 3. The van der Waals surface area contributed by atoms with Crippen LogP contribution in [0.3, 0.4) is 0 Å². The minimum atomic E-state index is -4.20. The highest BCUT2D eigenvalue weighted by atomic mass is 32.2. The van der Waals surface area contributed by atoms with Gasteiger partial charge in [-0.2, -0.15) is 0 Å². The first-order chi connectivity index (χ1) is 20.7. The van der Waals surface area contributed by atoms with Gasteiger partial charge in [-0.1, -0.05) is 44.2 Å². The molecule has 3 aromatic rings. The van der Waals surface area contributed by atoms with Crippen LogP contribution in [0.2, 0.25) is 0 Å². The van der Waals surface area contributed by atoms with Crippen LogP contribution >= 0.6 is 0 Å². The number of carbonyl (C=O) groups is 2. The van der Waals surface area contributed by atoms with E-state index < -0.39 is 28.5 Å². The average Bonchev–Trinajstić information content (AvgIpc) is 3.03. The molecule has 1 N–H and O–H groups in total. The smallest absolute Gasteiger partial charge is 0.264 e. The Morgan fingerprint density at radius 3 is 2.33 bits per heavy atom. The van der Waals surface area contributed by atoms with Gasteiger partial charge in [-0.05, 0) is 61.7 Å². The summed E-state index contributed by atoms with van der Waals surface area (Å²) in [5.74, 6) is 0.641. The normalized spacial score (nSPS) is 13.9. The Balaban J connectivity index is 1.76. The summed E-state index contributed by atoms with van der Waals surface area (Å²) in [4.78, 5) is 29.2. The van der Waals surface area contributed by atoms with Crippen molar-refractivity contribution in [2.75, 3.05) is 31.2 Å². The zero-order valence-corrected chi connectivity index (χ0v) is 25.8. The van der Waals surface area contributed by atoms with E-state index in [1.165, 1.54) is 17.0 Å². The maximum absolute atomic E-state index is 14.3. The zero-order chi connectivity index (χ0) is 31.0. The lowest BCUT2D eigenvalue weighted by molar-refractivity contribution is -0.140. The molecule has 3 aromatic carbocycles. The third kappa shape index (κ3) is 7.59. The summed E-state index contributed by atoms with van der Waals surface area (Å²) in [5.41, 5.74) is 0.971. The van der Waals surface area contributed by atoms with E-state index in [0.717, 1.165) is 16.3 Å². The highest BCUT2D eigenvalue weighted by Gasteiger charge is 2.34. The van der Waals surface area contributed by atoms with Crippen LogP contribution in [0.5, 0.6) is 17.2 Å². The second kappa shape index (κ2) is 14.3. The first-order valence-electron chi connectivity index (χ1n) is 14.4. The minimum absolute atomic E-state index is 0.0265. The molecule has 1 aliphatic rings. The molecule has 0 fully saturated rings. The fourth-order valence-electron chi connectivity index (χ4n) is 4.76. The molecular formula is C32H39N3O7S. The lowest BCUT2D eigenvalue weighted by Crippen LogP contribution is -2.53. The topological polar surface area (TPSA) is 114 Å². The summed E-state index contributed by atoms with van der Waals surface area (Å²) < 4.78 is 45.9. The van der Waals surface area contributed by atoms with E-state index in [9.17, 15) is 18.0 Å². The summed E-state index contributed by atoms with van der Waals surface area (Å²) in [6, 6.07) is 19.0. The van der Waals surface area contributed by atoms with Crippen molar-refractivity contribution in [3.05, 3.63) is 78.4 Å². The molecule has 11 heteroatoms. The van der Waals surface area contributed by atoms with Crippen molar-refractivity contribution >= 4 is 27.5 Å². The molecule has 0 aromatic heterocycles. The predicted octanol–water partition coefficient (Wildman–Crippen LogP) is 4.38. The van der Waals surface area contributed by atoms with Crippen molar-refractivity contribution in [1.29, 1.82) is 0 Å². The maximum atomic E-state index is 14.3. The first kappa shape index (κ1) is 31.7. The van der Waals surface area contributed by atoms with Gasteiger partial charge in [0, 0.05) is 18.7 Å². The number of methoxy groups -OCH3 is 1. The van der Waals surface area contributed by atoms with Crippen LogP contribution in [-0.2, 0) is 26.2 Å². The number of hydrogen-bond donors (Lipinski definition) is 1. The van der Waals surface area contributed by atoms with Crippen LogP contribution in [0.25, 0.3) is 0 Å². The van der Waals surface area contributed by atoms with E-state index in [-0.39, 0.29) is 29.1 Å². The SMILES string of the molecule is CC[C@@H](C)NC(=O)[C@@H](CC)N(Cc1cccc(OC)c1)C(=O)CN(c1ccc2c(c1)OCCO2)S(=O)(=O)c1ccccc1. The lowest BCUT2D eigenvalue weighted by Gasteiger charge is -2.34. The molecule has 230 valence electrons. The molecule has 0 saturated heterocycles. The summed E-state index contributed by atoms with van der Waals surface area (Å²) in [6.45, 7) is 5.91. The number of benzene rings is 3. The highest BCUT2D eigenvalue weighted by molar-refractivity contribution is 7.92. The Morgan fingerprint density at radius 1 is 0.930 bits per heavy atom. The van der Waals surface area contributed by atoms with Crippen LogP contribution in [-0.4, -0.2) is 64.1 Å². The average molecular weight is 610 g/mol. The van der Waals surface area contributed by atoms with E-state index in [4.69, 9.17) is 14.2 Å². The molecule has 2 amide bonds. The summed E-state index contributed by atoms with van der Waals surface area (Å²) in [6.07, 6.45) is 1.05. The number of nitrogens with one attached hydrogen (secondary N) is 1. The van der Waals surface area contributed by atoms with Gasteiger partial charge in [-0.25, -0.2) is 8.42 Å². The lowest BCUT2D eigenvalue weighted by atomic mass is 10.1. The molecule has 0 aliphatic carbocycles. The van der Waals surface area contributed by atoms with Crippen LogP contribution in [0.1, 0.15) is 39.2 Å². The summed E-state index contributed by atoms with van der Waals surface area (Å²) in [5, 5.41) is 2.98. The fourth-order valence-corrected chi connectivity index (χ4v) is 6.19. The van der Waals surface area contributed by atoms with Crippen molar-refractivity contribution in [2.24, 2.45) is 0 Å². The number of amides is 2. The molecule has 43 heavy (non-hydrogen) atoms. The minimum Gasteiger partial charge on any atom is -0.497 e. The first-order valence-corrected chi connectivity index (χ1v) is 15.8. The summed E-state index contributed by atoms with van der Waals surface area (Å²) in [7, 11) is -2.65. The maximum Gasteiger partial charge on any atom is 0.264 e. The van der Waals surface area contributed by atoms with Gasteiger partial charge in [-0.3, -0.25) is 13.9 Å². The molecule has 0 spiro atoms. The Kier molecular flexibility index (Phi) is 10.5. The Bertz CT molecular complexity index is 1510. The monoisotopic (exact) mass is 609 g/mol. The molecular weight excluding hydrogens is 570 g/mol. The summed E-state index contributed by atoms with van der Waals surface area (Å²) >= 11 is 0. The highest BCUT2D eigenvalue weighted by Crippen LogP contribution is 2.36. The van der Waals surface area contributed by atoms with Gasteiger partial charge >= 0.3 is 0 Å². The number of hydrogen-bond acceptors (Lipinski definition) is 7. The second-order valence-electron chi connectivity index (χ2n) is 10.3. The van der Waals surface area contributed by atoms with Gasteiger partial charge in [0.25, 0.3) is 10.0 Å². The number of carbonyl (C=O) groups excluding carboxylic acids is 2. The molecule has 4 rings (SSSR count). The quantitative estimate of drug-likeness (QED) is 0.306. The number of fused-ring (bicyclic) bond motifs is 1.